The predicted molar refractivity (Wildman–Crippen MR) is 59.8 cm³/mol. The molecule has 1 unspecified atom stereocenters. The lowest BCUT2D eigenvalue weighted by Gasteiger charge is -2.20. The Morgan fingerprint density at radius 3 is 2.47 bits per heavy atom. The molecule has 3 heteroatoms. The number of likely N-dealkylation sites (N-methyl/N-ethyl adjacent to an activating group) is 1. The summed E-state index contributed by atoms with van der Waals surface area (Å²) in [5, 5.41) is 11.8. The molecule has 0 fully saturated rings. The van der Waals surface area contributed by atoms with E-state index in [1.165, 1.54) is 5.56 Å². The lowest BCUT2D eigenvalue weighted by Crippen LogP contribution is -2.43. The minimum Gasteiger partial charge on any atom is -0.491 e. The van der Waals surface area contributed by atoms with E-state index >= 15 is 0 Å². The summed E-state index contributed by atoms with van der Waals surface area (Å²) in [6.07, 6.45) is 0. The highest BCUT2D eigenvalue weighted by molar-refractivity contribution is 5.26. The molecule has 0 saturated carbocycles. The van der Waals surface area contributed by atoms with Crippen molar-refractivity contribution in [1.82, 2.24) is 5.32 Å². The molecule has 0 amide bonds. The monoisotopic (exact) mass is 204 g/mol. The van der Waals surface area contributed by atoms with Crippen molar-refractivity contribution >= 4 is 0 Å². The van der Waals surface area contributed by atoms with Crippen LogP contribution >= 0.6 is 0 Å². The normalized spacial score (nSPS) is 14.0. The van der Waals surface area contributed by atoms with Crippen molar-refractivity contribution in [3.05, 3.63) is 29.8 Å². The smallest absolute Gasteiger partial charge is 0.137 e. The summed E-state index contributed by atoms with van der Waals surface area (Å²) >= 11 is 0. The molecule has 0 aliphatic carbocycles. The minimum absolute atomic E-state index is 0.336. The number of nitrogens with one attached hydrogen (secondary N) is 1. The van der Waals surface area contributed by atoms with E-state index < -0.39 is 5.54 Å². The van der Waals surface area contributed by atoms with E-state index in [1.807, 2.05) is 31.2 Å². The van der Waals surface area contributed by atoms with Crippen LogP contribution in [0.3, 0.4) is 0 Å². The molecule has 0 bridgehead atoms. The fourth-order valence-corrected chi connectivity index (χ4v) is 1.02. The summed E-state index contributed by atoms with van der Waals surface area (Å²) in [4.78, 5) is 0. The summed E-state index contributed by atoms with van der Waals surface area (Å²) in [6.45, 7) is 4.17. The number of ether oxygens (including phenoxy) is 1. The maximum atomic E-state index is 8.91. The van der Waals surface area contributed by atoms with Crippen molar-refractivity contribution < 1.29 is 4.74 Å². The van der Waals surface area contributed by atoms with Gasteiger partial charge in [-0.05, 0) is 33.0 Å². The quantitative estimate of drug-likeness (QED) is 0.814. The molecule has 1 atom stereocenters. The Morgan fingerprint density at radius 2 is 2.00 bits per heavy atom. The Balaban J connectivity index is 2.58. The molecule has 1 aromatic rings. The van der Waals surface area contributed by atoms with Gasteiger partial charge in [-0.1, -0.05) is 17.7 Å². The van der Waals surface area contributed by atoms with Crippen LogP contribution < -0.4 is 10.1 Å². The summed E-state index contributed by atoms with van der Waals surface area (Å²) in [5.41, 5.74) is 0.559. The summed E-state index contributed by atoms with van der Waals surface area (Å²) in [5.74, 6) is 0.789. The summed E-state index contributed by atoms with van der Waals surface area (Å²) < 4.78 is 5.52. The van der Waals surface area contributed by atoms with Crippen LogP contribution in [-0.2, 0) is 0 Å². The number of rotatable bonds is 4. The van der Waals surface area contributed by atoms with Crippen molar-refractivity contribution in [2.75, 3.05) is 13.7 Å². The Hall–Kier alpha value is -1.53. The van der Waals surface area contributed by atoms with Gasteiger partial charge in [0, 0.05) is 0 Å². The Kier molecular flexibility index (Phi) is 3.70. The number of hydrogen-bond donors (Lipinski definition) is 1. The van der Waals surface area contributed by atoms with E-state index in [9.17, 15) is 0 Å². The molecule has 0 aliphatic rings. The van der Waals surface area contributed by atoms with Crippen molar-refractivity contribution in [2.24, 2.45) is 0 Å². The molecule has 3 nitrogen and oxygen atoms in total. The zero-order chi connectivity index (χ0) is 11.3. The van der Waals surface area contributed by atoms with Crippen molar-refractivity contribution in [1.29, 1.82) is 5.26 Å². The Labute approximate surface area is 90.7 Å². The van der Waals surface area contributed by atoms with Crippen LogP contribution in [0.1, 0.15) is 12.5 Å². The molecular weight excluding hydrogens is 188 g/mol. The molecule has 80 valence electrons. The number of nitrogens with zero attached hydrogens (tertiary/aromatic N) is 1. The van der Waals surface area contributed by atoms with Crippen LogP contribution in [0.25, 0.3) is 0 Å². The third-order valence-corrected chi connectivity index (χ3v) is 2.35. The average molecular weight is 204 g/mol. The lowest BCUT2D eigenvalue weighted by atomic mass is 10.1. The van der Waals surface area contributed by atoms with Gasteiger partial charge >= 0.3 is 0 Å². The maximum absolute atomic E-state index is 8.91. The lowest BCUT2D eigenvalue weighted by molar-refractivity contribution is 0.242. The molecule has 0 spiro atoms. The largest absolute Gasteiger partial charge is 0.491 e. The second kappa shape index (κ2) is 4.81. The zero-order valence-corrected chi connectivity index (χ0v) is 9.37. The highest BCUT2D eigenvalue weighted by Crippen LogP contribution is 2.13. The predicted octanol–water partition coefficient (Wildman–Crippen LogP) is 1.88. The highest BCUT2D eigenvalue weighted by Gasteiger charge is 2.21. The fourth-order valence-electron chi connectivity index (χ4n) is 1.02. The van der Waals surface area contributed by atoms with Gasteiger partial charge < -0.3 is 4.74 Å². The second-order valence-corrected chi connectivity index (χ2v) is 3.80. The molecule has 0 aromatic heterocycles. The maximum Gasteiger partial charge on any atom is 0.137 e. The molecule has 0 radical (unpaired) electrons. The first-order valence-corrected chi connectivity index (χ1v) is 4.89. The molecule has 15 heavy (non-hydrogen) atoms. The van der Waals surface area contributed by atoms with E-state index in [-0.39, 0.29) is 0 Å². The van der Waals surface area contributed by atoms with Gasteiger partial charge in [0.1, 0.15) is 17.9 Å². The third-order valence-electron chi connectivity index (χ3n) is 2.35. The Bertz CT molecular complexity index is 353. The zero-order valence-electron chi connectivity index (χ0n) is 9.37. The molecule has 0 heterocycles. The first kappa shape index (κ1) is 11.5. The van der Waals surface area contributed by atoms with E-state index in [4.69, 9.17) is 10.00 Å². The van der Waals surface area contributed by atoms with Crippen LogP contribution in [0.5, 0.6) is 5.75 Å². The van der Waals surface area contributed by atoms with Gasteiger partial charge in [0.2, 0.25) is 0 Å². The van der Waals surface area contributed by atoms with Gasteiger partial charge in [0.15, 0.2) is 0 Å². The van der Waals surface area contributed by atoms with Gasteiger partial charge in [0.05, 0.1) is 6.07 Å². The van der Waals surface area contributed by atoms with Gasteiger partial charge in [-0.2, -0.15) is 5.26 Å². The molecular formula is C12H16N2O. The van der Waals surface area contributed by atoms with Gasteiger partial charge in [-0.25, -0.2) is 0 Å². The van der Waals surface area contributed by atoms with Crippen molar-refractivity contribution in [2.45, 2.75) is 19.4 Å². The molecule has 1 rings (SSSR count). The van der Waals surface area contributed by atoms with Gasteiger partial charge in [-0.3, -0.25) is 5.32 Å². The summed E-state index contributed by atoms with van der Waals surface area (Å²) in [6, 6.07) is 9.95. The van der Waals surface area contributed by atoms with Crippen LogP contribution in [0.2, 0.25) is 0 Å². The SMILES string of the molecule is CNC(C)(C#N)COc1ccc(C)cc1. The molecule has 0 saturated heterocycles. The number of nitriles is 1. The van der Waals surface area contributed by atoms with E-state index in [0.717, 1.165) is 5.75 Å². The standard InChI is InChI=1S/C12H16N2O/c1-10-4-6-11(7-5-10)15-9-12(2,8-13)14-3/h4-7,14H,9H2,1-3H3. The number of benzene rings is 1. The first-order chi connectivity index (χ1) is 7.09. The average Bonchev–Trinajstić information content (AvgIpc) is 2.28. The third kappa shape index (κ3) is 3.26. The van der Waals surface area contributed by atoms with Gasteiger partial charge in [0.25, 0.3) is 0 Å². The van der Waals surface area contributed by atoms with E-state index in [1.54, 1.807) is 14.0 Å². The van der Waals surface area contributed by atoms with Crippen LogP contribution in [0.15, 0.2) is 24.3 Å². The van der Waals surface area contributed by atoms with E-state index in [0.29, 0.717) is 6.61 Å². The number of hydrogen-bond acceptors (Lipinski definition) is 3. The molecule has 0 aliphatic heterocycles. The summed E-state index contributed by atoms with van der Waals surface area (Å²) in [7, 11) is 1.75. The molecule has 1 N–H and O–H groups in total. The second-order valence-electron chi connectivity index (χ2n) is 3.80. The fraction of sp³-hybridized carbons (Fsp3) is 0.417. The van der Waals surface area contributed by atoms with Crippen LogP contribution in [0, 0.1) is 18.3 Å². The minimum atomic E-state index is -0.634. The number of aryl methyl sites for hydroxylation is 1. The van der Waals surface area contributed by atoms with Crippen LogP contribution in [0.4, 0.5) is 0 Å². The topological polar surface area (TPSA) is 45.0 Å². The van der Waals surface area contributed by atoms with Gasteiger partial charge in [-0.15, -0.1) is 0 Å². The Morgan fingerprint density at radius 1 is 1.40 bits per heavy atom. The van der Waals surface area contributed by atoms with E-state index in [2.05, 4.69) is 11.4 Å². The highest BCUT2D eigenvalue weighted by atomic mass is 16.5. The molecule has 1 aromatic carbocycles. The van der Waals surface area contributed by atoms with Crippen molar-refractivity contribution in [3.63, 3.8) is 0 Å². The van der Waals surface area contributed by atoms with Crippen LogP contribution in [-0.4, -0.2) is 19.2 Å². The van der Waals surface area contributed by atoms with Crippen molar-refractivity contribution in [3.8, 4) is 11.8 Å². The first-order valence-electron chi connectivity index (χ1n) is 4.89.